The summed E-state index contributed by atoms with van der Waals surface area (Å²) in [5, 5.41) is 16.3. The van der Waals surface area contributed by atoms with Crippen molar-refractivity contribution in [3.63, 3.8) is 0 Å². The molecule has 2 aliphatic rings. The molecule has 35 heavy (non-hydrogen) atoms. The van der Waals surface area contributed by atoms with Crippen LogP contribution in [-0.4, -0.2) is 62.6 Å². The van der Waals surface area contributed by atoms with Crippen LogP contribution in [0.5, 0.6) is 0 Å². The Labute approximate surface area is 211 Å². The molecule has 2 aromatic rings. The fraction of sp³-hybridized carbons (Fsp3) is 0.615. The molecule has 0 aromatic carbocycles. The van der Waals surface area contributed by atoms with Gasteiger partial charge in [0.05, 0.1) is 10.5 Å². The maximum absolute atomic E-state index is 13.7. The molecule has 2 aromatic heterocycles. The quantitative estimate of drug-likeness (QED) is 0.526. The van der Waals surface area contributed by atoms with E-state index in [0.717, 1.165) is 49.2 Å². The summed E-state index contributed by atoms with van der Waals surface area (Å²) in [7, 11) is 0. The van der Waals surface area contributed by atoms with Gasteiger partial charge in [-0.2, -0.15) is 0 Å². The normalized spacial score (nSPS) is 19.8. The van der Waals surface area contributed by atoms with Crippen LogP contribution in [0.1, 0.15) is 86.2 Å². The van der Waals surface area contributed by atoms with Gasteiger partial charge in [-0.05, 0) is 63.5 Å². The van der Waals surface area contributed by atoms with Gasteiger partial charge in [-0.1, -0.05) is 20.8 Å². The van der Waals surface area contributed by atoms with Crippen LogP contribution in [-0.2, 0) is 0 Å². The average Bonchev–Trinajstić information content (AvgIpc) is 3.49. The van der Waals surface area contributed by atoms with Gasteiger partial charge in [-0.15, -0.1) is 11.3 Å². The zero-order chi connectivity index (χ0) is 25.5. The lowest BCUT2D eigenvalue weighted by molar-refractivity contribution is 0.0692. The van der Waals surface area contributed by atoms with E-state index in [-0.39, 0.29) is 35.0 Å². The predicted molar refractivity (Wildman–Crippen MR) is 139 cm³/mol. The number of hydrogen-bond donors (Lipinski definition) is 3. The second kappa shape index (κ2) is 9.50. The molecule has 2 amide bonds. The molecule has 190 valence electrons. The minimum Gasteiger partial charge on any atom is -0.389 e. The van der Waals surface area contributed by atoms with E-state index in [0.29, 0.717) is 10.6 Å². The highest BCUT2D eigenvalue weighted by Crippen LogP contribution is 2.41. The van der Waals surface area contributed by atoms with E-state index in [2.05, 4.69) is 41.4 Å². The Morgan fingerprint density at radius 1 is 1.11 bits per heavy atom. The third-order valence-corrected chi connectivity index (χ3v) is 7.64. The van der Waals surface area contributed by atoms with Gasteiger partial charge in [-0.25, -0.2) is 9.97 Å². The summed E-state index contributed by atoms with van der Waals surface area (Å²) in [5.41, 5.74) is 1.16. The number of anilines is 1. The SMILES string of the molecule is Cc1cc(NCC(C)(C)C)ncc1-c1sc(C(=O)NCC(C)(C)O)nc1C(=O)N1C2CCC1CC2. The van der Waals surface area contributed by atoms with Crippen molar-refractivity contribution in [2.45, 2.75) is 84.9 Å². The lowest BCUT2D eigenvalue weighted by atomic mass is 9.97. The zero-order valence-corrected chi connectivity index (χ0v) is 22.4. The lowest BCUT2D eigenvalue weighted by Crippen LogP contribution is -2.38. The van der Waals surface area contributed by atoms with Crippen molar-refractivity contribution in [3.8, 4) is 10.4 Å². The number of nitrogens with one attached hydrogen (secondary N) is 2. The highest BCUT2D eigenvalue weighted by Gasteiger charge is 2.44. The van der Waals surface area contributed by atoms with Gasteiger partial charge >= 0.3 is 0 Å². The van der Waals surface area contributed by atoms with Gasteiger partial charge in [0.25, 0.3) is 11.8 Å². The number of rotatable bonds is 7. The van der Waals surface area contributed by atoms with Crippen LogP contribution in [0.15, 0.2) is 12.3 Å². The number of pyridine rings is 1. The zero-order valence-electron chi connectivity index (χ0n) is 21.6. The van der Waals surface area contributed by atoms with Crippen LogP contribution in [0, 0.1) is 12.3 Å². The molecule has 2 bridgehead atoms. The molecule has 2 fully saturated rings. The van der Waals surface area contributed by atoms with E-state index in [4.69, 9.17) is 0 Å². The average molecular weight is 500 g/mol. The lowest BCUT2D eigenvalue weighted by Gasteiger charge is -2.22. The first-order valence-electron chi connectivity index (χ1n) is 12.4. The minimum atomic E-state index is -1.04. The van der Waals surface area contributed by atoms with Crippen LogP contribution in [0.25, 0.3) is 10.4 Å². The van der Waals surface area contributed by atoms with Gasteiger partial charge < -0.3 is 20.6 Å². The van der Waals surface area contributed by atoms with Gasteiger partial charge in [-0.3, -0.25) is 9.59 Å². The molecule has 2 aliphatic heterocycles. The molecular weight excluding hydrogens is 462 g/mol. The predicted octanol–water partition coefficient (Wildman–Crippen LogP) is 4.24. The first kappa shape index (κ1) is 25.6. The van der Waals surface area contributed by atoms with Crippen molar-refractivity contribution >= 4 is 29.0 Å². The number of aryl methyl sites for hydroxylation is 1. The maximum Gasteiger partial charge on any atom is 0.280 e. The molecule has 9 heteroatoms. The van der Waals surface area contributed by atoms with Crippen molar-refractivity contribution in [2.75, 3.05) is 18.4 Å². The molecule has 0 radical (unpaired) electrons. The van der Waals surface area contributed by atoms with E-state index in [9.17, 15) is 14.7 Å². The highest BCUT2D eigenvalue weighted by molar-refractivity contribution is 7.17. The number of fused-ring (bicyclic) bond motifs is 2. The molecule has 0 spiro atoms. The van der Waals surface area contributed by atoms with Crippen molar-refractivity contribution in [1.29, 1.82) is 0 Å². The minimum absolute atomic E-state index is 0.0923. The number of carbonyl (C=O) groups excluding carboxylic acids is 2. The standard InChI is InChI=1S/C26H37N5O3S/c1-15-11-19(28-13-25(2,3)4)27-12-18(15)21-20(24(33)31-16-7-8-17(31)10-9-16)30-23(35-21)22(32)29-14-26(5,6)34/h11-12,16-17,34H,7-10,13-14H2,1-6H3,(H,27,28)(H,29,32). The Morgan fingerprint density at radius 3 is 2.29 bits per heavy atom. The van der Waals surface area contributed by atoms with E-state index in [1.807, 2.05) is 17.9 Å². The summed E-state index contributed by atoms with van der Waals surface area (Å²) >= 11 is 1.21. The van der Waals surface area contributed by atoms with Crippen molar-refractivity contribution < 1.29 is 14.7 Å². The van der Waals surface area contributed by atoms with Crippen LogP contribution in [0.2, 0.25) is 0 Å². The smallest absolute Gasteiger partial charge is 0.280 e. The van der Waals surface area contributed by atoms with Gasteiger partial charge in [0.15, 0.2) is 5.01 Å². The number of amides is 2. The number of aromatic nitrogens is 2. The van der Waals surface area contributed by atoms with Crippen molar-refractivity contribution in [3.05, 3.63) is 28.5 Å². The fourth-order valence-corrected chi connectivity index (χ4v) is 5.78. The molecule has 0 saturated carbocycles. The second-order valence-corrected chi connectivity index (χ2v) is 12.7. The Morgan fingerprint density at radius 2 is 1.74 bits per heavy atom. The summed E-state index contributed by atoms with van der Waals surface area (Å²) in [6.07, 6.45) is 5.89. The Bertz CT molecular complexity index is 1100. The third kappa shape index (κ3) is 5.83. The third-order valence-electron chi connectivity index (χ3n) is 6.55. The van der Waals surface area contributed by atoms with Gasteiger partial charge in [0, 0.05) is 36.9 Å². The monoisotopic (exact) mass is 499 g/mol. The Hall–Kier alpha value is -2.52. The molecule has 4 rings (SSSR count). The molecule has 0 aliphatic carbocycles. The van der Waals surface area contributed by atoms with E-state index < -0.39 is 11.5 Å². The summed E-state index contributed by atoms with van der Waals surface area (Å²) < 4.78 is 0. The molecule has 4 heterocycles. The summed E-state index contributed by atoms with van der Waals surface area (Å²) in [6.45, 7) is 12.6. The first-order chi connectivity index (χ1) is 16.3. The van der Waals surface area contributed by atoms with Crippen LogP contribution in [0.3, 0.4) is 0 Å². The highest BCUT2D eigenvalue weighted by atomic mass is 32.1. The maximum atomic E-state index is 13.7. The number of carbonyl (C=O) groups is 2. The van der Waals surface area contributed by atoms with Gasteiger partial charge in [0.1, 0.15) is 11.5 Å². The number of hydrogen-bond acceptors (Lipinski definition) is 7. The van der Waals surface area contributed by atoms with Crippen molar-refractivity contribution in [2.24, 2.45) is 5.41 Å². The van der Waals surface area contributed by atoms with Crippen LogP contribution >= 0.6 is 11.3 Å². The molecule has 0 unspecified atom stereocenters. The Kier molecular flexibility index (Phi) is 6.94. The van der Waals surface area contributed by atoms with Crippen LogP contribution < -0.4 is 10.6 Å². The van der Waals surface area contributed by atoms with E-state index >= 15 is 0 Å². The van der Waals surface area contributed by atoms with E-state index in [1.54, 1.807) is 20.0 Å². The van der Waals surface area contributed by atoms with E-state index in [1.165, 1.54) is 11.3 Å². The summed E-state index contributed by atoms with van der Waals surface area (Å²) in [4.78, 5) is 38.4. The number of nitrogens with zero attached hydrogens (tertiary/aromatic N) is 3. The topological polar surface area (TPSA) is 107 Å². The molecule has 3 N–H and O–H groups in total. The first-order valence-corrected chi connectivity index (χ1v) is 13.2. The molecular formula is C26H37N5O3S. The second-order valence-electron chi connectivity index (χ2n) is 11.7. The largest absolute Gasteiger partial charge is 0.389 e. The van der Waals surface area contributed by atoms with Crippen LogP contribution in [0.4, 0.5) is 5.82 Å². The number of thiazole rings is 1. The summed E-state index contributed by atoms with van der Waals surface area (Å²) in [6, 6.07) is 2.50. The fourth-order valence-electron chi connectivity index (χ4n) is 4.73. The number of aliphatic hydroxyl groups is 1. The van der Waals surface area contributed by atoms with Gasteiger partial charge in [0.2, 0.25) is 0 Å². The Balaban J connectivity index is 1.67. The molecule has 2 saturated heterocycles. The summed E-state index contributed by atoms with van der Waals surface area (Å²) in [5.74, 6) is 0.285. The molecule has 8 nitrogen and oxygen atoms in total. The van der Waals surface area contributed by atoms with Crippen molar-refractivity contribution in [1.82, 2.24) is 20.2 Å². The molecule has 0 atom stereocenters.